The summed E-state index contributed by atoms with van der Waals surface area (Å²) >= 11 is 0. The first-order valence-corrected chi connectivity index (χ1v) is 6.58. The van der Waals surface area contributed by atoms with E-state index in [-0.39, 0.29) is 18.1 Å². The van der Waals surface area contributed by atoms with Crippen LogP contribution in [0, 0.1) is 0 Å². The Bertz CT molecular complexity index is 519. The molecule has 1 atom stereocenters. The van der Waals surface area contributed by atoms with E-state index in [0.717, 1.165) is 6.29 Å². The molecule has 5 heteroatoms. The van der Waals surface area contributed by atoms with E-state index in [4.69, 9.17) is 4.74 Å². The van der Waals surface area contributed by atoms with Gasteiger partial charge < -0.3 is 9.53 Å². The average Bonchev–Trinajstić information content (AvgIpc) is 2.51. The summed E-state index contributed by atoms with van der Waals surface area (Å²) < 4.78 is 28.8. The molecule has 0 aromatic heterocycles. The van der Waals surface area contributed by atoms with Crippen molar-refractivity contribution in [2.75, 3.05) is 12.9 Å². The van der Waals surface area contributed by atoms with E-state index in [9.17, 15) is 13.2 Å². The minimum atomic E-state index is -3.25. The number of fused-ring (bicyclic) bond motifs is 1. The maximum Gasteiger partial charge on any atom is 0.179 e. The molecular weight excluding hydrogens is 228 g/mol. The molecule has 0 bridgehead atoms. The Morgan fingerprint density at radius 1 is 1.50 bits per heavy atom. The summed E-state index contributed by atoms with van der Waals surface area (Å²) in [4.78, 5) is 10.9. The smallest absolute Gasteiger partial charge is 0.179 e. The maximum atomic E-state index is 11.8. The highest BCUT2D eigenvalue weighted by Crippen LogP contribution is 2.41. The van der Waals surface area contributed by atoms with Gasteiger partial charge in [0.2, 0.25) is 0 Å². The number of aldehydes is 1. The van der Waals surface area contributed by atoms with Gasteiger partial charge in [0.15, 0.2) is 9.84 Å². The Balaban J connectivity index is 2.63. The molecule has 1 heterocycles. The van der Waals surface area contributed by atoms with Gasteiger partial charge in [-0.1, -0.05) is 6.07 Å². The quantitative estimate of drug-likeness (QED) is 0.744. The zero-order valence-corrected chi connectivity index (χ0v) is 9.66. The summed E-state index contributed by atoms with van der Waals surface area (Å²) in [6.07, 6.45) is 0.967. The molecule has 16 heavy (non-hydrogen) atoms. The van der Waals surface area contributed by atoms with Gasteiger partial charge in [0.05, 0.1) is 17.8 Å². The number of hydrogen-bond acceptors (Lipinski definition) is 4. The fourth-order valence-corrected chi connectivity index (χ4v) is 4.02. The molecule has 2 rings (SSSR count). The van der Waals surface area contributed by atoms with Gasteiger partial charge in [-0.05, 0) is 12.1 Å². The van der Waals surface area contributed by atoms with E-state index in [1.807, 2.05) is 0 Å². The fraction of sp³-hybridized carbons (Fsp3) is 0.364. The van der Waals surface area contributed by atoms with Crippen LogP contribution in [-0.2, 0) is 14.6 Å². The summed E-state index contributed by atoms with van der Waals surface area (Å²) in [5, 5.41) is 0. The van der Waals surface area contributed by atoms with Crippen LogP contribution < -0.4 is 4.74 Å². The Labute approximate surface area is 94.2 Å². The number of carbonyl (C=O) groups excluding carboxylic acids is 1. The molecule has 1 aromatic carbocycles. The van der Waals surface area contributed by atoms with Crippen molar-refractivity contribution in [2.24, 2.45) is 0 Å². The topological polar surface area (TPSA) is 60.4 Å². The van der Waals surface area contributed by atoms with E-state index in [1.165, 1.54) is 7.11 Å². The van der Waals surface area contributed by atoms with Crippen molar-refractivity contribution >= 4 is 16.1 Å². The highest BCUT2D eigenvalue weighted by molar-refractivity contribution is 7.91. The number of methoxy groups -OCH3 is 1. The van der Waals surface area contributed by atoms with Crippen molar-refractivity contribution < 1.29 is 17.9 Å². The molecule has 1 aromatic rings. The monoisotopic (exact) mass is 240 g/mol. The van der Waals surface area contributed by atoms with Crippen LogP contribution in [0.1, 0.15) is 17.9 Å². The highest BCUT2D eigenvalue weighted by Gasteiger charge is 2.36. The molecule has 0 radical (unpaired) electrons. The lowest BCUT2D eigenvalue weighted by Crippen LogP contribution is -2.04. The molecule has 4 nitrogen and oxygen atoms in total. The highest BCUT2D eigenvalue weighted by atomic mass is 32.2. The zero-order valence-electron chi connectivity index (χ0n) is 8.84. The van der Waals surface area contributed by atoms with Crippen molar-refractivity contribution in [1.82, 2.24) is 0 Å². The van der Waals surface area contributed by atoms with Crippen molar-refractivity contribution in [2.45, 2.75) is 17.2 Å². The second-order valence-electron chi connectivity index (χ2n) is 3.75. The molecule has 0 aliphatic carbocycles. The standard InChI is InChI=1S/C11H12O4S/c1-15-9-3-2-4-10-11(9)8(5-6-12)7-16(10,13)14/h2-4,6,8H,5,7H2,1H3. The van der Waals surface area contributed by atoms with Gasteiger partial charge in [0.1, 0.15) is 12.0 Å². The summed E-state index contributed by atoms with van der Waals surface area (Å²) in [6, 6.07) is 4.94. The molecular formula is C11H12O4S. The molecule has 0 amide bonds. The van der Waals surface area contributed by atoms with Crippen LogP contribution >= 0.6 is 0 Å². The molecule has 1 aliphatic heterocycles. The molecule has 0 fully saturated rings. The third-order valence-electron chi connectivity index (χ3n) is 2.79. The minimum absolute atomic E-state index is 0.00144. The second kappa shape index (κ2) is 3.90. The summed E-state index contributed by atoms with van der Waals surface area (Å²) in [6.45, 7) is 0. The van der Waals surface area contributed by atoms with Crippen LogP contribution in [0.25, 0.3) is 0 Å². The van der Waals surface area contributed by atoms with Gasteiger partial charge in [-0.2, -0.15) is 0 Å². The average molecular weight is 240 g/mol. The van der Waals surface area contributed by atoms with Gasteiger partial charge in [-0.25, -0.2) is 8.42 Å². The molecule has 1 unspecified atom stereocenters. The van der Waals surface area contributed by atoms with Gasteiger partial charge in [-0.3, -0.25) is 0 Å². The molecule has 1 aliphatic rings. The van der Waals surface area contributed by atoms with Crippen LogP contribution in [0.5, 0.6) is 5.75 Å². The van der Waals surface area contributed by atoms with E-state index < -0.39 is 9.84 Å². The SMILES string of the molecule is COc1cccc2c1C(CC=O)CS2(=O)=O. The molecule has 0 spiro atoms. The number of benzene rings is 1. The predicted octanol–water partition coefficient (Wildman–Crippen LogP) is 1.16. The fourth-order valence-electron chi connectivity index (χ4n) is 2.12. The van der Waals surface area contributed by atoms with Crippen molar-refractivity contribution in [3.8, 4) is 5.75 Å². The molecule has 0 saturated carbocycles. The molecule has 0 N–H and O–H groups in total. The summed E-state index contributed by atoms with van der Waals surface area (Å²) in [7, 11) is -1.75. The minimum Gasteiger partial charge on any atom is -0.496 e. The summed E-state index contributed by atoms with van der Waals surface area (Å²) in [5.74, 6) is 0.278. The van der Waals surface area contributed by atoms with Crippen LogP contribution in [-0.4, -0.2) is 27.6 Å². The lowest BCUT2D eigenvalue weighted by Gasteiger charge is -2.10. The number of rotatable bonds is 3. The van der Waals surface area contributed by atoms with Crippen molar-refractivity contribution in [3.63, 3.8) is 0 Å². The maximum absolute atomic E-state index is 11.8. The first kappa shape index (κ1) is 11.1. The van der Waals surface area contributed by atoms with E-state index >= 15 is 0 Å². The van der Waals surface area contributed by atoms with Crippen molar-refractivity contribution in [3.05, 3.63) is 23.8 Å². The lowest BCUT2D eigenvalue weighted by atomic mass is 9.98. The van der Waals surface area contributed by atoms with Gasteiger partial charge in [-0.15, -0.1) is 0 Å². The summed E-state index contributed by atoms with van der Waals surface area (Å²) in [5.41, 5.74) is 0.650. The van der Waals surface area contributed by atoms with Gasteiger partial charge in [0, 0.05) is 17.9 Å². The Hall–Kier alpha value is -1.36. The lowest BCUT2D eigenvalue weighted by molar-refractivity contribution is -0.108. The second-order valence-corrected chi connectivity index (χ2v) is 5.76. The Morgan fingerprint density at radius 2 is 2.25 bits per heavy atom. The molecule has 0 saturated heterocycles. The third kappa shape index (κ3) is 1.61. The molecule has 86 valence electrons. The van der Waals surface area contributed by atoms with Crippen LogP contribution in [0.4, 0.5) is 0 Å². The van der Waals surface area contributed by atoms with Crippen LogP contribution in [0.3, 0.4) is 0 Å². The Morgan fingerprint density at radius 3 is 2.88 bits per heavy atom. The number of ether oxygens (including phenoxy) is 1. The van der Waals surface area contributed by atoms with Gasteiger partial charge in [0.25, 0.3) is 0 Å². The van der Waals surface area contributed by atoms with E-state index in [0.29, 0.717) is 16.2 Å². The predicted molar refractivity (Wildman–Crippen MR) is 58.5 cm³/mol. The van der Waals surface area contributed by atoms with Crippen molar-refractivity contribution in [1.29, 1.82) is 0 Å². The number of carbonyl (C=O) groups is 1. The third-order valence-corrected chi connectivity index (χ3v) is 4.66. The first-order valence-electron chi connectivity index (χ1n) is 4.93. The van der Waals surface area contributed by atoms with Crippen LogP contribution in [0.15, 0.2) is 23.1 Å². The number of hydrogen-bond donors (Lipinski definition) is 0. The first-order chi connectivity index (χ1) is 7.60. The van der Waals surface area contributed by atoms with Crippen LogP contribution in [0.2, 0.25) is 0 Å². The largest absolute Gasteiger partial charge is 0.496 e. The van der Waals surface area contributed by atoms with E-state index in [2.05, 4.69) is 0 Å². The van der Waals surface area contributed by atoms with Gasteiger partial charge >= 0.3 is 0 Å². The number of sulfone groups is 1. The normalized spacial score (nSPS) is 21.4. The van der Waals surface area contributed by atoms with E-state index in [1.54, 1.807) is 18.2 Å². The Kier molecular flexibility index (Phi) is 2.71. The zero-order chi connectivity index (χ0) is 11.8.